The molecule has 0 aliphatic heterocycles. The van der Waals surface area contributed by atoms with Crippen LogP contribution < -0.4 is 0 Å². The van der Waals surface area contributed by atoms with Crippen molar-refractivity contribution in [2.75, 3.05) is 7.11 Å². The summed E-state index contributed by atoms with van der Waals surface area (Å²) < 4.78 is 6.06. The summed E-state index contributed by atoms with van der Waals surface area (Å²) in [5.41, 5.74) is 3.94. The highest BCUT2D eigenvalue weighted by atomic mass is 32.2. The van der Waals surface area contributed by atoms with Crippen LogP contribution in [0.25, 0.3) is 21.1 Å². The van der Waals surface area contributed by atoms with Gasteiger partial charge in [0.25, 0.3) is 0 Å². The molecule has 130 valence electrons. The monoisotopic (exact) mass is 381 g/mol. The highest BCUT2D eigenvalue weighted by molar-refractivity contribution is 7.98. The third-order valence-corrected chi connectivity index (χ3v) is 6.21. The number of thiophene rings is 1. The van der Waals surface area contributed by atoms with E-state index in [1.807, 2.05) is 42.6 Å². The van der Waals surface area contributed by atoms with E-state index in [4.69, 9.17) is 9.72 Å². The Morgan fingerprint density at radius 3 is 2.88 bits per heavy atom. The number of benzene rings is 1. The third kappa shape index (κ3) is 2.93. The molecule has 0 unspecified atom stereocenters. The molecule has 26 heavy (non-hydrogen) atoms. The minimum atomic E-state index is -0.361. The molecule has 3 heterocycles. The first-order chi connectivity index (χ1) is 12.7. The lowest BCUT2D eigenvalue weighted by atomic mass is 10.0. The molecule has 1 aromatic carbocycles. The maximum absolute atomic E-state index is 12.4. The van der Waals surface area contributed by atoms with Gasteiger partial charge in [-0.3, -0.25) is 4.98 Å². The van der Waals surface area contributed by atoms with Gasteiger partial charge < -0.3 is 4.74 Å². The number of nitrogens with zero attached hydrogens (tertiary/aromatic N) is 3. The molecular formula is C19H15N3O2S2. The first-order valence-corrected chi connectivity index (χ1v) is 9.83. The second-order valence-corrected chi connectivity index (χ2v) is 7.55. The van der Waals surface area contributed by atoms with Crippen molar-refractivity contribution in [1.82, 2.24) is 15.0 Å². The van der Waals surface area contributed by atoms with Crippen LogP contribution in [0.4, 0.5) is 0 Å². The lowest BCUT2D eigenvalue weighted by Crippen LogP contribution is -2.10. The van der Waals surface area contributed by atoms with E-state index in [2.05, 4.69) is 9.97 Å². The van der Waals surface area contributed by atoms with Crippen LogP contribution in [0.3, 0.4) is 0 Å². The van der Waals surface area contributed by atoms with Crippen molar-refractivity contribution >= 4 is 50.2 Å². The van der Waals surface area contributed by atoms with Gasteiger partial charge in [0, 0.05) is 11.1 Å². The van der Waals surface area contributed by atoms with Crippen molar-refractivity contribution in [2.45, 2.75) is 17.7 Å². The van der Waals surface area contributed by atoms with Gasteiger partial charge in [-0.1, -0.05) is 30.0 Å². The van der Waals surface area contributed by atoms with Gasteiger partial charge in [0.05, 0.1) is 34.1 Å². The van der Waals surface area contributed by atoms with E-state index in [0.29, 0.717) is 17.0 Å². The zero-order chi connectivity index (χ0) is 18.1. The number of esters is 1. The molecule has 7 heteroatoms. The predicted molar refractivity (Wildman–Crippen MR) is 105 cm³/mol. The van der Waals surface area contributed by atoms with E-state index in [9.17, 15) is 4.79 Å². The molecule has 4 aromatic rings. The zero-order valence-corrected chi connectivity index (χ0v) is 15.9. The molecular weight excluding hydrogens is 366 g/mol. The molecule has 0 amide bonds. The molecule has 0 radical (unpaired) electrons. The van der Waals surface area contributed by atoms with Crippen LogP contribution in [0.2, 0.25) is 0 Å². The maximum Gasteiger partial charge on any atom is 0.340 e. The van der Waals surface area contributed by atoms with Crippen LogP contribution in [0, 0.1) is 6.92 Å². The van der Waals surface area contributed by atoms with E-state index in [0.717, 1.165) is 31.7 Å². The summed E-state index contributed by atoms with van der Waals surface area (Å²) in [7, 11) is 1.40. The molecule has 0 saturated carbocycles. The fraction of sp³-hybridized carbons (Fsp3) is 0.158. The van der Waals surface area contributed by atoms with Gasteiger partial charge in [0.1, 0.15) is 11.4 Å². The number of carbonyl (C=O) groups excluding carboxylic acids is 1. The molecule has 0 atom stereocenters. The van der Waals surface area contributed by atoms with Gasteiger partial charge in [0.15, 0.2) is 0 Å². The summed E-state index contributed by atoms with van der Waals surface area (Å²) >= 11 is 3.17. The maximum atomic E-state index is 12.4. The molecule has 3 aromatic heterocycles. The first-order valence-electron chi connectivity index (χ1n) is 7.96. The number of ether oxygens (including phenoxy) is 1. The summed E-state index contributed by atoms with van der Waals surface area (Å²) in [5.74, 6) is 0.167. The van der Waals surface area contributed by atoms with Crippen molar-refractivity contribution in [3.63, 3.8) is 0 Å². The summed E-state index contributed by atoms with van der Waals surface area (Å²) in [6.07, 6.45) is 1.57. The van der Waals surface area contributed by atoms with E-state index in [1.165, 1.54) is 7.11 Å². The summed E-state index contributed by atoms with van der Waals surface area (Å²) in [6.45, 7) is 1.94. The van der Waals surface area contributed by atoms with Crippen molar-refractivity contribution in [3.05, 3.63) is 58.9 Å². The molecule has 0 spiro atoms. The van der Waals surface area contributed by atoms with Gasteiger partial charge in [-0.25, -0.2) is 14.8 Å². The van der Waals surface area contributed by atoms with E-state index < -0.39 is 0 Å². The fourth-order valence-corrected chi connectivity index (χ4v) is 4.81. The van der Waals surface area contributed by atoms with Gasteiger partial charge in [-0.15, -0.1) is 11.3 Å². The Morgan fingerprint density at radius 1 is 1.19 bits per heavy atom. The smallest absolute Gasteiger partial charge is 0.340 e. The Labute approximate surface area is 158 Å². The van der Waals surface area contributed by atoms with Gasteiger partial charge in [-0.05, 0) is 30.0 Å². The van der Waals surface area contributed by atoms with Crippen LogP contribution in [-0.4, -0.2) is 28.0 Å². The number of hydrogen-bond donors (Lipinski definition) is 0. The summed E-state index contributed by atoms with van der Waals surface area (Å²) in [6, 6.07) is 9.80. The molecule has 0 bridgehead atoms. The SMILES string of the molecule is COC(=O)c1c(CSc2ncnc3ccsc23)nc2ccccc2c1C. The highest BCUT2D eigenvalue weighted by Gasteiger charge is 2.20. The minimum Gasteiger partial charge on any atom is -0.465 e. The Kier molecular flexibility index (Phi) is 4.57. The summed E-state index contributed by atoms with van der Waals surface area (Å²) in [5, 5.41) is 3.86. The van der Waals surface area contributed by atoms with Gasteiger partial charge >= 0.3 is 5.97 Å². The second kappa shape index (κ2) is 7.01. The molecule has 0 aliphatic rings. The topological polar surface area (TPSA) is 65.0 Å². The third-order valence-electron chi connectivity index (χ3n) is 4.17. The number of methoxy groups -OCH3 is 1. The van der Waals surface area contributed by atoms with E-state index >= 15 is 0 Å². The number of rotatable bonds is 4. The lowest BCUT2D eigenvalue weighted by molar-refractivity contribution is 0.0598. The molecule has 0 saturated heterocycles. The zero-order valence-electron chi connectivity index (χ0n) is 14.2. The molecule has 0 N–H and O–H groups in total. The van der Waals surface area contributed by atoms with Crippen LogP contribution in [-0.2, 0) is 10.5 Å². The molecule has 4 rings (SSSR count). The Hall–Kier alpha value is -2.51. The van der Waals surface area contributed by atoms with E-state index in [-0.39, 0.29) is 5.97 Å². The normalized spacial score (nSPS) is 11.2. The highest BCUT2D eigenvalue weighted by Crippen LogP contribution is 2.32. The van der Waals surface area contributed by atoms with Crippen molar-refractivity contribution < 1.29 is 9.53 Å². The number of aromatic nitrogens is 3. The standard InChI is InChI=1S/C19H15N3O2S2/c1-11-12-5-3-4-6-13(12)22-15(16(11)19(23)24-2)9-26-18-17-14(7-8-25-17)20-10-21-18/h3-8,10H,9H2,1-2H3. The Bertz CT molecular complexity index is 1120. The van der Waals surface area contributed by atoms with E-state index in [1.54, 1.807) is 29.4 Å². The number of pyridine rings is 1. The molecule has 0 aliphatic carbocycles. The Morgan fingerprint density at radius 2 is 2.04 bits per heavy atom. The average molecular weight is 381 g/mol. The second-order valence-electron chi connectivity index (χ2n) is 5.67. The predicted octanol–water partition coefficient (Wildman–Crippen LogP) is 4.63. The van der Waals surface area contributed by atoms with Crippen molar-refractivity contribution in [1.29, 1.82) is 0 Å². The lowest BCUT2D eigenvalue weighted by Gasteiger charge is -2.13. The van der Waals surface area contributed by atoms with Crippen molar-refractivity contribution in [3.8, 4) is 0 Å². The van der Waals surface area contributed by atoms with Crippen LogP contribution in [0.15, 0.2) is 47.1 Å². The molecule has 0 fully saturated rings. The number of para-hydroxylation sites is 1. The number of carbonyl (C=O) groups is 1. The first kappa shape index (κ1) is 16.9. The van der Waals surface area contributed by atoms with Crippen LogP contribution in [0.1, 0.15) is 21.6 Å². The van der Waals surface area contributed by atoms with Gasteiger partial charge in [0.2, 0.25) is 0 Å². The largest absolute Gasteiger partial charge is 0.465 e. The van der Waals surface area contributed by atoms with Crippen LogP contribution in [0.5, 0.6) is 0 Å². The number of hydrogen-bond acceptors (Lipinski definition) is 7. The van der Waals surface area contributed by atoms with Crippen molar-refractivity contribution in [2.24, 2.45) is 0 Å². The minimum absolute atomic E-state index is 0.361. The number of aryl methyl sites for hydroxylation is 1. The van der Waals surface area contributed by atoms with Gasteiger partial charge in [-0.2, -0.15) is 0 Å². The summed E-state index contributed by atoms with van der Waals surface area (Å²) in [4.78, 5) is 25.8. The number of thioether (sulfide) groups is 1. The average Bonchev–Trinajstić information content (AvgIpc) is 3.15. The Balaban J connectivity index is 1.77. The number of fused-ring (bicyclic) bond motifs is 2. The quantitative estimate of drug-likeness (QED) is 0.292. The fourth-order valence-electron chi connectivity index (χ4n) is 2.92. The van der Waals surface area contributed by atoms with Crippen LogP contribution >= 0.6 is 23.1 Å². The molecule has 5 nitrogen and oxygen atoms in total.